The highest BCUT2D eigenvalue weighted by Crippen LogP contribution is 2.41. The number of nitrogens with one attached hydrogen (secondary N) is 1. The van der Waals surface area contributed by atoms with Crippen molar-refractivity contribution in [3.8, 4) is 0 Å². The predicted octanol–water partition coefficient (Wildman–Crippen LogP) is -2.09. The minimum atomic E-state index is -1.37. The first kappa shape index (κ1) is 33.9. The standard InChI is InChI=1S/C19H24N6O5S2.2ClH.2H2O/c1-25(5-3-4-6-25)7-10-8-31-17-13(16(27)24(17)14(10)18(28)29)22-15(26)12(23-30-2)11-9-32-19(20)21-11;;;;/h9,13,17H,3-8H2,1-2H3,(H3-,20,21,22,26,28,29);2*1H;2*1H2/b23-12-;;;;/t13?,17-;;;;/m1..../s1. The quantitative estimate of drug-likeness (QED) is 0.155. The van der Waals surface area contributed by atoms with Crippen LogP contribution in [-0.2, 0) is 19.2 Å². The van der Waals surface area contributed by atoms with Gasteiger partial charge in [-0.25, -0.2) is 4.98 Å². The average Bonchev–Trinajstić information content (AvgIpc) is 3.37. The number of thioether (sulfide) groups is 1. The van der Waals surface area contributed by atoms with E-state index in [1.807, 2.05) is 0 Å². The molecule has 4 rings (SSSR count). The number of nitrogen functional groups attached to an aromatic ring is 1. The van der Waals surface area contributed by atoms with Crippen LogP contribution in [-0.4, -0.2) is 99.8 Å². The van der Waals surface area contributed by atoms with Gasteiger partial charge in [0, 0.05) is 29.5 Å². The van der Waals surface area contributed by atoms with E-state index in [1.165, 1.54) is 23.8 Å². The first-order valence-corrected chi connectivity index (χ1v) is 12.0. The fraction of sp³-hybridized carbons (Fsp3) is 0.526. The summed E-state index contributed by atoms with van der Waals surface area (Å²) in [6, 6.07) is -0.891. The van der Waals surface area contributed by atoms with Crippen molar-refractivity contribution in [1.29, 1.82) is 0 Å². The summed E-state index contributed by atoms with van der Waals surface area (Å²) < 4.78 is 0.757. The third-order valence-corrected chi connectivity index (χ3v) is 7.92. The molecule has 2 amide bonds. The minimum absolute atomic E-state index is 0. The van der Waals surface area contributed by atoms with Gasteiger partial charge in [-0.2, -0.15) is 0 Å². The summed E-state index contributed by atoms with van der Waals surface area (Å²) in [6.45, 7) is 2.53. The molecule has 1 aromatic rings. The number of nitrogens with zero attached hydrogens (tertiary/aromatic N) is 4. The zero-order valence-corrected chi connectivity index (χ0v) is 22.8. The maximum absolute atomic E-state index is 12.9. The number of amides is 2. The second kappa shape index (κ2) is 13.4. The summed E-state index contributed by atoms with van der Waals surface area (Å²) in [4.78, 5) is 47.7. The highest BCUT2D eigenvalue weighted by molar-refractivity contribution is 8.00. The van der Waals surface area contributed by atoms with Gasteiger partial charge in [-0.05, 0) is 0 Å². The number of aromatic nitrogens is 1. The Morgan fingerprint density at radius 3 is 2.50 bits per heavy atom. The molecule has 36 heavy (non-hydrogen) atoms. The van der Waals surface area contributed by atoms with Gasteiger partial charge in [0.15, 0.2) is 10.8 Å². The van der Waals surface area contributed by atoms with Crippen LogP contribution >= 0.6 is 47.9 Å². The number of likely N-dealkylation sites (tertiary alicyclic amines) is 1. The lowest BCUT2D eigenvalue weighted by Gasteiger charge is -2.51. The van der Waals surface area contributed by atoms with E-state index in [1.54, 1.807) is 5.38 Å². The summed E-state index contributed by atoms with van der Waals surface area (Å²) >= 11 is 2.57. The summed E-state index contributed by atoms with van der Waals surface area (Å²) in [5.74, 6) is -2.06. The Morgan fingerprint density at radius 1 is 1.33 bits per heavy atom. The molecule has 17 heteroatoms. The van der Waals surface area contributed by atoms with E-state index >= 15 is 0 Å². The van der Waals surface area contributed by atoms with Crippen molar-refractivity contribution >= 4 is 76.5 Å². The number of likely N-dealkylation sites (N-methyl/N-ethyl adjacent to an activating group) is 1. The van der Waals surface area contributed by atoms with Crippen molar-refractivity contribution in [3.05, 3.63) is 22.3 Å². The lowest BCUT2D eigenvalue weighted by atomic mass is 10.0. The van der Waals surface area contributed by atoms with Gasteiger partial charge in [0.05, 0.1) is 31.8 Å². The van der Waals surface area contributed by atoms with Crippen molar-refractivity contribution in [2.45, 2.75) is 24.3 Å². The third-order valence-electron chi connectivity index (χ3n) is 5.91. The van der Waals surface area contributed by atoms with E-state index < -0.39 is 29.2 Å². The van der Waals surface area contributed by atoms with Crippen LogP contribution < -0.4 is 16.2 Å². The van der Waals surface area contributed by atoms with Gasteiger partial charge in [-0.15, -0.1) is 47.9 Å². The molecule has 2 fully saturated rings. The molecule has 2 atom stereocenters. The number of oxime groups is 1. The van der Waals surface area contributed by atoms with E-state index in [0.29, 0.717) is 17.9 Å². The molecule has 13 nitrogen and oxygen atoms in total. The number of β-lactam (4-membered cyclic amide) rings is 1. The van der Waals surface area contributed by atoms with Crippen LogP contribution in [0, 0.1) is 0 Å². The van der Waals surface area contributed by atoms with Gasteiger partial charge in [0.2, 0.25) is 0 Å². The van der Waals surface area contributed by atoms with Gasteiger partial charge < -0.3 is 41.2 Å². The molecule has 0 aliphatic carbocycles. The summed E-state index contributed by atoms with van der Waals surface area (Å²) in [5, 5.41) is 19.6. The number of fused-ring (bicyclic) bond motifs is 1. The first-order valence-electron chi connectivity index (χ1n) is 10.1. The zero-order valence-electron chi connectivity index (χ0n) is 19.5. The molecule has 0 aromatic carbocycles. The molecule has 204 valence electrons. The van der Waals surface area contributed by atoms with Gasteiger partial charge >= 0.3 is 0 Å². The molecule has 2 saturated heterocycles. The van der Waals surface area contributed by atoms with E-state index in [0.717, 1.165) is 41.8 Å². The number of anilines is 1. The number of carboxylic acid groups (broad SMARTS) is 1. The minimum Gasteiger partial charge on any atom is -0.543 e. The summed E-state index contributed by atoms with van der Waals surface area (Å²) in [6.07, 6.45) is 2.21. The molecule has 0 spiro atoms. The Morgan fingerprint density at radius 2 is 1.97 bits per heavy atom. The fourth-order valence-electron chi connectivity index (χ4n) is 4.41. The highest BCUT2D eigenvalue weighted by Gasteiger charge is 2.53. The lowest BCUT2D eigenvalue weighted by Crippen LogP contribution is -2.71. The van der Waals surface area contributed by atoms with Crippen LogP contribution in [0.15, 0.2) is 21.8 Å². The number of aliphatic carboxylic acids is 1. The van der Waals surface area contributed by atoms with Crippen molar-refractivity contribution in [3.63, 3.8) is 0 Å². The second-order valence-electron chi connectivity index (χ2n) is 8.23. The van der Waals surface area contributed by atoms with Crippen LogP contribution in [0.1, 0.15) is 18.5 Å². The molecule has 1 aromatic heterocycles. The summed E-state index contributed by atoms with van der Waals surface area (Å²) in [7, 11) is 3.39. The smallest absolute Gasteiger partial charge is 0.276 e. The largest absolute Gasteiger partial charge is 0.543 e. The average molecular weight is 590 g/mol. The van der Waals surface area contributed by atoms with E-state index in [2.05, 4.69) is 22.5 Å². The van der Waals surface area contributed by atoms with Gasteiger partial charge in [0.1, 0.15) is 30.8 Å². The van der Waals surface area contributed by atoms with Crippen LogP contribution in [0.2, 0.25) is 0 Å². The van der Waals surface area contributed by atoms with E-state index in [-0.39, 0.29) is 58.0 Å². The Balaban J connectivity index is 0.00000306. The van der Waals surface area contributed by atoms with Crippen molar-refractivity contribution < 1.29 is 39.8 Å². The molecule has 0 radical (unpaired) electrons. The number of halogens is 2. The zero-order chi connectivity index (χ0) is 23.0. The molecule has 3 aliphatic rings. The van der Waals surface area contributed by atoms with Crippen molar-refractivity contribution in [2.75, 3.05) is 45.3 Å². The highest BCUT2D eigenvalue weighted by atomic mass is 35.5. The van der Waals surface area contributed by atoms with Crippen molar-refractivity contribution in [1.82, 2.24) is 15.2 Å². The first-order chi connectivity index (χ1) is 15.2. The maximum Gasteiger partial charge on any atom is 0.276 e. The molecular weight excluding hydrogens is 559 g/mol. The molecule has 3 aliphatic heterocycles. The van der Waals surface area contributed by atoms with Crippen LogP contribution in [0.3, 0.4) is 0 Å². The van der Waals surface area contributed by atoms with Crippen LogP contribution in [0.4, 0.5) is 5.13 Å². The molecule has 7 N–H and O–H groups in total. The number of carbonyl (C=O) groups is 3. The summed E-state index contributed by atoms with van der Waals surface area (Å²) in [5.41, 5.74) is 6.39. The van der Waals surface area contributed by atoms with Gasteiger partial charge in [-0.1, -0.05) is 5.16 Å². The number of thiazole rings is 1. The maximum atomic E-state index is 12.9. The van der Waals surface area contributed by atoms with Gasteiger partial charge in [-0.3, -0.25) is 14.5 Å². The Bertz CT molecular complexity index is 1030. The number of rotatable bonds is 7. The fourth-order valence-corrected chi connectivity index (χ4v) is 6.30. The second-order valence-corrected chi connectivity index (χ2v) is 10.2. The van der Waals surface area contributed by atoms with E-state index in [4.69, 9.17) is 10.6 Å². The SMILES string of the molecule is CO/N=C(\C(=O)NC1C(=O)N2C(C(=O)[O-])=C(C[N+]3(C)CCCC3)CS[C@H]12)c1csc(N)n1.Cl.Cl.O.O. The molecule has 0 bridgehead atoms. The molecule has 4 heterocycles. The third kappa shape index (κ3) is 6.40. The molecular formula is C19H30Cl2N6O7S2. The van der Waals surface area contributed by atoms with Crippen LogP contribution in [0.25, 0.3) is 0 Å². The lowest BCUT2D eigenvalue weighted by molar-refractivity contribution is -0.893. The number of hydrogen-bond acceptors (Lipinski definition) is 10. The topological polar surface area (TPSA) is 213 Å². The Kier molecular flexibility index (Phi) is 12.6. The normalized spacial score (nSPS) is 22.0. The molecule has 0 saturated carbocycles. The number of carbonyl (C=O) groups excluding carboxylic acids is 3. The van der Waals surface area contributed by atoms with Crippen LogP contribution in [0.5, 0.6) is 0 Å². The number of nitrogens with two attached hydrogens (primary N) is 1. The van der Waals surface area contributed by atoms with E-state index in [9.17, 15) is 19.5 Å². The number of quaternary nitrogens is 1. The number of hydrogen-bond donors (Lipinski definition) is 2. The Hall–Kier alpha value is -2.14. The Labute approximate surface area is 228 Å². The molecule has 1 unspecified atom stereocenters. The van der Waals surface area contributed by atoms with Crippen molar-refractivity contribution in [2.24, 2.45) is 5.16 Å². The predicted molar refractivity (Wildman–Crippen MR) is 139 cm³/mol. The monoisotopic (exact) mass is 588 g/mol. The number of carboxylic acids is 1. The van der Waals surface area contributed by atoms with Gasteiger partial charge in [0.25, 0.3) is 11.8 Å².